The normalized spacial score (nSPS) is 12.1. The quantitative estimate of drug-likeness (QED) is 0.107. The number of methoxy groups -OCH3 is 1. The summed E-state index contributed by atoms with van der Waals surface area (Å²) in [4.78, 5) is 20.8. The molecule has 232 valence electrons. The fourth-order valence-electron chi connectivity index (χ4n) is 4.67. The molecule has 7 N–H and O–H groups in total. The molecule has 0 bridgehead atoms. The molecule has 44 heavy (non-hydrogen) atoms. The van der Waals surface area contributed by atoms with E-state index in [1.54, 1.807) is 55.1 Å². The maximum atomic E-state index is 13.5. The first kappa shape index (κ1) is 32.0. The molecule has 4 aromatic rings. The van der Waals surface area contributed by atoms with E-state index in [4.69, 9.17) is 16.3 Å². The van der Waals surface area contributed by atoms with Crippen LogP contribution in [0.1, 0.15) is 48.0 Å². The summed E-state index contributed by atoms with van der Waals surface area (Å²) < 4.78 is 34.1. The summed E-state index contributed by atoms with van der Waals surface area (Å²) in [6, 6.07) is 12.4. The molecule has 0 atom stereocenters. The van der Waals surface area contributed by atoms with Gasteiger partial charge in [-0.3, -0.25) is 19.5 Å². The van der Waals surface area contributed by atoms with Gasteiger partial charge in [0.2, 0.25) is 10.0 Å². The van der Waals surface area contributed by atoms with E-state index in [-0.39, 0.29) is 16.9 Å². The highest BCUT2D eigenvalue weighted by atomic mass is 32.2. The first-order valence-corrected chi connectivity index (χ1v) is 15.6. The molecule has 0 spiro atoms. The van der Waals surface area contributed by atoms with Crippen LogP contribution in [0, 0.1) is 6.92 Å². The Morgan fingerprint density at radius 2 is 1.77 bits per heavy atom. The van der Waals surface area contributed by atoms with Crippen LogP contribution in [-0.2, 0) is 22.5 Å². The molecule has 4 rings (SSSR count). The number of hydrazine groups is 1. The van der Waals surface area contributed by atoms with Crippen LogP contribution in [0.3, 0.4) is 0 Å². The third-order valence-corrected chi connectivity index (χ3v) is 7.61. The summed E-state index contributed by atoms with van der Waals surface area (Å²) in [5.74, 6) is 7.04. The Balaban J connectivity index is 1.65. The first-order chi connectivity index (χ1) is 20.6. The number of rotatable bonds is 9. The molecule has 2 aromatic carbocycles. The number of anilines is 3. The van der Waals surface area contributed by atoms with Gasteiger partial charge in [-0.15, -0.1) is 0 Å². The third-order valence-electron chi connectivity index (χ3n) is 7.02. The van der Waals surface area contributed by atoms with E-state index < -0.39 is 15.9 Å². The lowest BCUT2D eigenvalue weighted by Gasteiger charge is -2.24. The number of aromatic amines is 1. The molecule has 2 aromatic heterocycles. The Kier molecular flexibility index (Phi) is 9.02. The van der Waals surface area contributed by atoms with E-state index in [1.807, 2.05) is 51.4 Å². The van der Waals surface area contributed by atoms with Crippen LogP contribution < -0.4 is 35.9 Å². The number of aryl methyl sites for hydroxylation is 1. The van der Waals surface area contributed by atoms with Crippen molar-refractivity contribution in [1.29, 1.82) is 0 Å². The van der Waals surface area contributed by atoms with Gasteiger partial charge in [-0.05, 0) is 59.9 Å². The van der Waals surface area contributed by atoms with E-state index in [0.29, 0.717) is 28.3 Å². The minimum atomic E-state index is -3.62. The van der Waals surface area contributed by atoms with Crippen molar-refractivity contribution < 1.29 is 22.5 Å². The highest BCUT2D eigenvalue weighted by molar-refractivity contribution is 7.92. The summed E-state index contributed by atoms with van der Waals surface area (Å²) in [7, 11) is -0.321. The molecule has 0 saturated heterocycles. The average Bonchev–Trinajstić information content (AvgIpc) is 3.33. The summed E-state index contributed by atoms with van der Waals surface area (Å²) >= 11 is 0. The minimum Gasteiger partial charge on any atom is -0.492 e. The highest BCUT2D eigenvalue weighted by Crippen LogP contribution is 2.39. The van der Waals surface area contributed by atoms with E-state index in [9.17, 15) is 13.2 Å². The minimum absolute atomic E-state index is 0.186. The number of aromatic nitrogens is 3. The number of H-pyrrole nitrogens is 1. The van der Waals surface area contributed by atoms with Gasteiger partial charge in [-0.2, -0.15) is 0 Å². The number of carbonyl (C=O) groups is 1. The van der Waals surface area contributed by atoms with E-state index in [0.717, 1.165) is 28.8 Å². The number of hydrogen-bond donors (Lipinski definition) is 5. The summed E-state index contributed by atoms with van der Waals surface area (Å²) in [5.41, 5.74) is 11.2. The Bertz CT molecular complexity index is 1830. The number of ether oxygens (including phenoxy) is 1. The number of pyridine rings is 1. The topological polar surface area (TPSA) is 172 Å². The lowest BCUT2D eigenvalue weighted by atomic mass is 9.86. The molecule has 0 aliphatic heterocycles. The van der Waals surface area contributed by atoms with Crippen LogP contribution >= 0.6 is 0 Å². The molecule has 0 aliphatic carbocycles. The van der Waals surface area contributed by atoms with Gasteiger partial charge in [0.25, 0.3) is 11.7 Å². The van der Waals surface area contributed by atoms with Crippen molar-refractivity contribution >= 4 is 38.7 Å². The van der Waals surface area contributed by atoms with Gasteiger partial charge in [0.1, 0.15) is 11.9 Å². The molecule has 0 fully saturated rings. The Morgan fingerprint density at radius 1 is 1.11 bits per heavy atom. The van der Waals surface area contributed by atoms with Crippen molar-refractivity contribution in [2.45, 2.75) is 33.1 Å². The molecule has 1 amide bonds. The first-order valence-electron chi connectivity index (χ1n) is 13.7. The van der Waals surface area contributed by atoms with Crippen LogP contribution in [0.5, 0.6) is 5.75 Å². The predicted octanol–water partition coefficient (Wildman–Crippen LogP) is 3.78. The zero-order valence-corrected chi connectivity index (χ0v) is 26.7. The number of nitrogens with zero attached hydrogens (tertiary/aromatic N) is 3. The van der Waals surface area contributed by atoms with Crippen molar-refractivity contribution in [3.63, 3.8) is 0 Å². The van der Waals surface area contributed by atoms with Crippen molar-refractivity contribution in [2.75, 3.05) is 28.4 Å². The molecule has 0 saturated carbocycles. The maximum absolute atomic E-state index is 13.5. The highest BCUT2D eigenvalue weighted by Gasteiger charge is 2.23. The second-order valence-electron chi connectivity index (χ2n) is 11.5. The Labute approximate surface area is 257 Å². The van der Waals surface area contributed by atoms with Crippen LogP contribution in [0.25, 0.3) is 17.1 Å². The van der Waals surface area contributed by atoms with Gasteiger partial charge in [0, 0.05) is 24.2 Å². The second-order valence-corrected chi connectivity index (χ2v) is 13.2. The average molecular weight is 620 g/mol. The van der Waals surface area contributed by atoms with Crippen molar-refractivity contribution in [2.24, 2.45) is 18.6 Å². The number of nitrogens with two attached hydrogens (primary N) is 2. The number of imidazole rings is 1. The van der Waals surface area contributed by atoms with Gasteiger partial charge in [-0.1, -0.05) is 26.8 Å². The van der Waals surface area contributed by atoms with Crippen molar-refractivity contribution in [1.82, 2.24) is 9.97 Å². The number of sulfonamides is 1. The lowest BCUT2D eigenvalue weighted by Crippen LogP contribution is -2.35. The van der Waals surface area contributed by atoms with E-state index in [2.05, 4.69) is 20.0 Å². The largest absolute Gasteiger partial charge is 0.492 e. The molecule has 12 nitrogen and oxygen atoms in total. The van der Waals surface area contributed by atoms with E-state index >= 15 is 0 Å². The summed E-state index contributed by atoms with van der Waals surface area (Å²) in [5, 5.41) is 4.25. The Morgan fingerprint density at radius 3 is 2.39 bits per heavy atom. The summed E-state index contributed by atoms with van der Waals surface area (Å²) in [6.45, 7) is 7.83. The van der Waals surface area contributed by atoms with Crippen molar-refractivity contribution in [3.8, 4) is 17.1 Å². The molecule has 13 heteroatoms. The molecular formula is C31H39N8O4S+. The Hall–Kier alpha value is -4.88. The molecule has 0 aliphatic rings. The van der Waals surface area contributed by atoms with Gasteiger partial charge >= 0.3 is 0 Å². The number of amides is 1. The summed E-state index contributed by atoms with van der Waals surface area (Å²) in [6.07, 6.45) is 7.86. The lowest BCUT2D eigenvalue weighted by molar-refractivity contribution is -0.661. The fourth-order valence-corrected chi connectivity index (χ4v) is 5.22. The number of carbonyl (C=O) groups excluding carboxylic acids is 1. The van der Waals surface area contributed by atoms with Gasteiger partial charge < -0.3 is 15.8 Å². The smallest absolute Gasteiger partial charge is 0.287 e. The van der Waals surface area contributed by atoms with Crippen LogP contribution in [0.15, 0.2) is 67.3 Å². The van der Waals surface area contributed by atoms with Gasteiger partial charge in [0.05, 0.1) is 43.0 Å². The van der Waals surface area contributed by atoms with Crippen LogP contribution in [0.4, 0.5) is 17.1 Å². The predicted molar refractivity (Wildman–Crippen MR) is 173 cm³/mol. The van der Waals surface area contributed by atoms with Gasteiger partial charge in [0.15, 0.2) is 11.4 Å². The molecule has 2 heterocycles. The van der Waals surface area contributed by atoms with E-state index in [1.165, 1.54) is 12.1 Å². The monoisotopic (exact) mass is 619 g/mol. The number of nitrogens with one attached hydrogen (secondary N) is 3. The van der Waals surface area contributed by atoms with Crippen LogP contribution in [-0.4, -0.2) is 37.7 Å². The number of benzene rings is 2. The molecule has 0 unspecified atom stereocenters. The second kappa shape index (κ2) is 12.4. The SMILES string of the molecule is COc1c(NC(=O)c2ccc(C)c(N(N)C=C(N)c3c[nH]c(-c4ccncc4)[n+]3C)c2)cc(C(C)(C)C)cc1NS(C)(=O)=O. The van der Waals surface area contributed by atoms with Gasteiger partial charge in [-0.25, -0.2) is 23.8 Å². The standard InChI is InChI=1S/C31H38N8O4S/c1-19-8-9-21(30(40)36-24-15-22(31(2,3)4)16-25(28(24)43-6)37-44(7,41)42)14-26(19)39(33)18-23(32)27-17-35-29(38(27)5)20-10-12-34-13-11-20/h8-18,37H,32-33H2,1-7H3,(H,36,40)/p+1. The fraction of sp³-hybridized carbons (Fsp3) is 0.258. The molecule has 0 radical (unpaired) electrons. The maximum Gasteiger partial charge on any atom is 0.287 e. The van der Waals surface area contributed by atoms with Crippen LogP contribution in [0.2, 0.25) is 0 Å². The van der Waals surface area contributed by atoms with Crippen molar-refractivity contribution in [3.05, 3.63) is 89.6 Å². The molecular weight excluding hydrogens is 580 g/mol. The number of hydrogen-bond acceptors (Lipinski definition) is 8. The zero-order valence-electron chi connectivity index (χ0n) is 25.9. The third kappa shape index (κ3) is 7.18. The zero-order chi connectivity index (χ0) is 32.4.